The van der Waals surface area contributed by atoms with E-state index in [9.17, 15) is 0 Å². The summed E-state index contributed by atoms with van der Waals surface area (Å²) < 4.78 is 12.1. The largest absolute Gasteiger partial charge is 0.495 e. The molecule has 6 heteroatoms. The van der Waals surface area contributed by atoms with Crippen molar-refractivity contribution in [3.05, 3.63) is 23.4 Å². The van der Waals surface area contributed by atoms with Crippen LogP contribution < -0.4 is 15.2 Å². The predicted octanol–water partition coefficient (Wildman–Crippen LogP) is 2.34. The van der Waals surface area contributed by atoms with E-state index in [0.717, 1.165) is 11.1 Å². The van der Waals surface area contributed by atoms with Gasteiger partial charge in [-0.05, 0) is 12.1 Å². The van der Waals surface area contributed by atoms with Gasteiger partial charge in [0.15, 0.2) is 0 Å². The van der Waals surface area contributed by atoms with Crippen molar-refractivity contribution in [2.24, 2.45) is 7.05 Å². The molecule has 0 aliphatic heterocycles. The summed E-state index contributed by atoms with van der Waals surface area (Å²) in [7, 11) is 4.88. The Morgan fingerprint density at radius 2 is 1.94 bits per heavy atom. The number of hydrogen-bond donors (Lipinski definition) is 1. The van der Waals surface area contributed by atoms with Gasteiger partial charge in [-0.15, -0.1) is 0 Å². The molecule has 2 N–H and O–H groups in total. The average Bonchev–Trinajstić information content (AvgIpc) is 2.69. The summed E-state index contributed by atoms with van der Waals surface area (Å²) in [5.74, 6) is 1.63. The van der Waals surface area contributed by atoms with E-state index in [4.69, 9.17) is 26.8 Å². The molecule has 5 nitrogen and oxygen atoms in total. The molecule has 0 unspecified atom stereocenters. The van der Waals surface area contributed by atoms with E-state index in [1.54, 1.807) is 38.2 Å². The fourth-order valence-corrected chi connectivity index (χ4v) is 2.08. The Labute approximate surface area is 110 Å². The van der Waals surface area contributed by atoms with E-state index in [0.29, 0.717) is 22.3 Å². The van der Waals surface area contributed by atoms with Crippen LogP contribution in [-0.2, 0) is 7.05 Å². The van der Waals surface area contributed by atoms with Crippen LogP contribution in [0.3, 0.4) is 0 Å². The van der Waals surface area contributed by atoms with Gasteiger partial charge in [-0.25, -0.2) is 0 Å². The van der Waals surface area contributed by atoms with Crippen LogP contribution in [0.4, 0.5) is 5.82 Å². The topological polar surface area (TPSA) is 62.3 Å². The Morgan fingerprint density at radius 1 is 1.22 bits per heavy atom. The molecule has 0 amide bonds. The van der Waals surface area contributed by atoms with Gasteiger partial charge >= 0.3 is 0 Å². The number of halogens is 1. The molecule has 1 aromatic carbocycles. The molecule has 2 aromatic rings. The van der Waals surface area contributed by atoms with Crippen LogP contribution in [0.2, 0.25) is 5.02 Å². The van der Waals surface area contributed by atoms with Crippen LogP contribution in [0.25, 0.3) is 11.1 Å². The fourth-order valence-electron chi connectivity index (χ4n) is 1.76. The number of benzene rings is 1. The highest BCUT2D eigenvalue weighted by atomic mass is 35.5. The zero-order chi connectivity index (χ0) is 13.3. The van der Waals surface area contributed by atoms with Crippen LogP contribution >= 0.6 is 11.6 Å². The molecule has 1 heterocycles. The standard InChI is InChI=1S/C12H14ClN3O2/c1-16-12(14)8(6-15-16)7-4-5-9(17-2)10(13)11(7)18-3/h4-6H,14H2,1-3H3. The summed E-state index contributed by atoms with van der Waals surface area (Å²) in [4.78, 5) is 0. The molecule has 0 fully saturated rings. The Bertz CT molecular complexity index is 581. The third kappa shape index (κ3) is 1.86. The molecule has 96 valence electrons. The van der Waals surface area contributed by atoms with Gasteiger partial charge in [0.2, 0.25) is 0 Å². The lowest BCUT2D eigenvalue weighted by molar-refractivity contribution is 0.396. The van der Waals surface area contributed by atoms with Gasteiger partial charge in [-0.2, -0.15) is 5.10 Å². The predicted molar refractivity (Wildman–Crippen MR) is 71.2 cm³/mol. The van der Waals surface area contributed by atoms with Crippen molar-refractivity contribution in [3.8, 4) is 22.6 Å². The van der Waals surface area contributed by atoms with E-state index in [1.165, 1.54) is 0 Å². The number of aryl methyl sites for hydroxylation is 1. The third-order valence-electron chi connectivity index (χ3n) is 2.76. The second kappa shape index (κ2) is 4.78. The molecule has 0 atom stereocenters. The highest BCUT2D eigenvalue weighted by Crippen LogP contribution is 2.43. The minimum Gasteiger partial charge on any atom is -0.495 e. The second-order valence-electron chi connectivity index (χ2n) is 3.73. The Balaban J connectivity index is 2.65. The molecule has 0 aliphatic carbocycles. The van der Waals surface area contributed by atoms with Crippen molar-refractivity contribution in [1.29, 1.82) is 0 Å². The fraction of sp³-hybridized carbons (Fsp3) is 0.250. The number of methoxy groups -OCH3 is 2. The monoisotopic (exact) mass is 267 g/mol. The van der Waals surface area contributed by atoms with Crippen molar-refractivity contribution < 1.29 is 9.47 Å². The zero-order valence-electron chi connectivity index (χ0n) is 10.4. The van der Waals surface area contributed by atoms with Gasteiger partial charge in [0.05, 0.1) is 20.4 Å². The minimum atomic E-state index is 0.417. The Hall–Kier alpha value is -1.88. The molecule has 0 aliphatic rings. The van der Waals surface area contributed by atoms with Crippen LogP contribution in [0.1, 0.15) is 0 Å². The summed E-state index contributed by atoms with van der Waals surface area (Å²) in [6.45, 7) is 0. The summed E-state index contributed by atoms with van der Waals surface area (Å²) in [5, 5.41) is 4.52. The van der Waals surface area contributed by atoms with Crippen molar-refractivity contribution in [2.75, 3.05) is 20.0 Å². The molecule has 0 saturated heterocycles. The lowest BCUT2D eigenvalue weighted by Gasteiger charge is -2.12. The Kier molecular flexibility index (Phi) is 3.34. The first-order valence-electron chi connectivity index (χ1n) is 5.28. The van der Waals surface area contributed by atoms with Gasteiger partial charge < -0.3 is 15.2 Å². The smallest absolute Gasteiger partial charge is 0.149 e. The van der Waals surface area contributed by atoms with Gasteiger partial charge in [0, 0.05) is 18.2 Å². The van der Waals surface area contributed by atoms with Gasteiger partial charge in [0.1, 0.15) is 22.3 Å². The normalized spacial score (nSPS) is 10.4. The molecule has 0 saturated carbocycles. The number of ether oxygens (including phenoxy) is 2. The van der Waals surface area contributed by atoms with Gasteiger partial charge in [-0.3, -0.25) is 4.68 Å². The van der Waals surface area contributed by atoms with Gasteiger partial charge in [-0.1, -0.05) is 11.6 Å². The molecular weight excluding hydrogens is 254 g/mol. The number of nitrogens with zero attached hydrogens (tertiary/aromatic N) is 2. The number of hydrogen-bond acceptors (Lipinski definition) is 4. The lowest BCUT2D eigenvalue weighted by atomic mass is 10.1. The number of aromatic nitrogens is 2. The maximum atomic E-state index is 6.21. The summed E-state index contributed by atoms with van der Waals surface area (Å²) in [6, 6.07) is 3.61. The number of nitrogen functional groups attached to an aromatic ring is 1. The summed E-state index contributed by atoms with van der Waals surface area (Å²) in [6.07, 6.45) is 1.68. The van der Waals surface area contributed by atoms with E-state index in [2.05, 4.69) is 5.10 Å². The first kappa shape index (κ1) is 12.6. The molecule has 0 radical (unpaired) electrons. The van der Waals surface area contributed by atoms with Crippen LogP contribution in [-0.4, -0.2) is 24.0 Å². The number of anilines is 1. The Morgan fingerprint density at radius 3 is 2.44 bits per heavy atom. The SMILES string of the molecule is COc1ccc(-c2cnn(C)c2N)c(OC)c1Cl. The van der Waals surface area contributed by atoms with Crippen molar-refractivity contribution >= 4 is 17.4 Å². The third-order valence-corrected chi connectivity index (χ3v) is 3.12. The summed E-state index contributed by atoms with van der Waals surface area (Å²) in [5.41, 5.74) is 7.51. The highest BCUT2D eigenvalue weighted by molar-refractivity contribution is 6.34. The van der Waals surface area contributed by atoms with Crippen molar-refractivity contribution in [1.82, 2.24) is 9.78 Å². The molecule has 0 bridgehead atoms. The lowest BCUT2D eigenvalue weighted by Crippen LogP contribution is -1.99. The average molecular weight is 268 g/mol. The first-order chi connectivity index (χ1) is 8.60. The zero-order valence-corrected chi connectivity index (χ0v) is 11.2. The molecule has 0 spiro atoms. The van der Waals surface area contributed by atoms with E-state index in [1.807, 2.05) is 6.07 Å². The van der Waals surface area contributed by atoms with E-state index >= 15 is 0 Å². The van der Waals surface area contributed by atoms with E-state index in [-0.39, 0.29) is 0 Å². The van der Waals surface area contributed by atoms with Crippen LogP contribution in [0.5, 0.6) is 11.5 Å². The van der Waals surface area contributed by atoms with Crippen LogP contribution in [0, 0.1) is 0 Å². The maximum Gasteiger partial charge on any atom is 0.149 e. The number of nitrogens with two attached hydrogens (primary N) is 1. The van der Waals surface area contributed by atoms with E-state index < -0.39 is 0 Å². The second-order valence-corrected chi connectivity index (χ2v) is 4.11. The minimum absolute atomic E-state index is 0.417. The number of rotatable bonds is 3. The van der Waals surface area contributed by atoms with Crippen LogP contribution in [0.15, 0.2) is 18.3 Å². The highest BCUT2D eigenvalue weighted by Gasteiger charge is 2.17. The summed E-state index contributed by atoms with van der Waals surface area (Å²) >= 11 is 6.21. The molecule has 1 aromatic heterocycles. The molecular formula is C12H14ClN3O2. The molecule has 18 heavy (non-hydrogen) atoms. The van der Waals surface area contributed by atoms with Gasteiger partial charge in [0.25, 0.3) is 0 Å². The first-order valence-corrected chi connectivity index (χ1v) is 5.66. The quantitative estimate of drug-likeness (QED) is 0.927. The molecule has 2 rings (SSSR count). The maximum absolute atomic E-state index is 6.21. The van der Waals surface area contributed by atoms with Crippen molar-refractivity contribution in [3.63, 3.8) is 0 Å². The van der Waals surface area contributed by atoms with Crippen molar-refractivity contribution in [2.45, 2.75) is 0 Å².